The standard InChI is InChI=1S/C23H30ClN5O/c1-3-10-29-21-9-8-18(25-16-17-6-4-5-7-20(17)24)15-19(21)22(26-29)23(30)28-13-11-27(2)12-14-28/h3-7,18,25H,1,8-16H2,2H3. The van der Waals surface area contributed by atoms with Gasteiger partial charge in [-0.25, -0.2) is 0 Å². The lowest BCUT2D eigenvalue weighted by Gasteiger charge is -2.32. The summed E-state index contributed by atoms with van der Waals surface area (Å²) < 4.78 is 1.97. The molecule has 2 heterocycles. The van der Waals surface area contributed by atoms with E-state index in [1.807, 2.05) is 39.9 Å². The summed E-state index contributed by atoms with van der Waals surface area (Å²) in [5, 5.41) is 9.16. The molecule has 1 amide bonds. The van der Waals surface area contributed by atoms with Crippen molar-refractivity contribution in [3.63, 3.8) is 0 Å². The topological polar surface area (TPSA) is 53.4 Å². The molecular formula is C23H30ClN5O. The molecule has 1 aromatic carbocycles. The van der Waals surface area contributed by atoms with Gasteiger partial charge in [-0.05, 0) is 37.9 Å². The van der Waals surface area contributed by atoms with Crippen LogP contribution in [0.5, 0.6) is 0 Å². The van der Waals surface area contributed by atoms with Crippen LogP contribution in [0.1, 0.15) is 33.7 Å². The normalized spacial score (nSPS) is 19.5. The molecule has 2 aliphatic rings. The lowest BCUT2D eigenvalue weighted by molar-refractivity contribution is 0.0656. The second kappa shape index (κ2) is 9.33. The van der Waals surface area contributed by atoms with Crippen LogP contribution in [0, 0.1) is 0 Å². The Labute approximate surface area is 183 Å². The smallest absolute Gasteiger partial charge is 0.274 e. The van der Waals surface area contributed by atoms with Crippen LogP contribution >= 0.6 is 11.6 Å². The Morgan fingerprint density at radius 3 is 2.80 bits per heavy atom. The van der Waals surface area contributed by atoms with Gasteiger partial charge in [-0.2, -0.15) is 5.10 Å². The number of allylic oxidation sites excluding steroid dienone is 1. The maximum atomic E-state index is 13.3. The van der Waals surface area contributed by atoms with E-state index in [9.17, 15) is 4.79 Å². The molecule has 7 heteroatoms. The summed E-state index contributed by atoms with van der Waals surface area (Å²) in [6, 6.07) is 8.23. The number of benzene rings is 1. The Hall–Kier alpha value is -2.15. The third-order valence-corrected chi connectivity index (χ3v) is 6.55. The molecular weight excluding hydrogens is 398 g/mol. The lowest BCUT2D eigenvalue weighted by Crippen LogP contribution is -2.47. The number of amides is 1. The lowest BCUT2D eigenvalue weighted by atomic mass is 9.90. The highest BCUT2D eigenvalue weighted by Gasteiger charge is 2.31. The zero-order chi connectivity index (χ0) is 21.1. The minimum absolute atomic E-state index is 0.0638. The van der Waals surface area contributed by atoms with Crippen LogP contribution in [-0.4, -0.2) is 64.8 Å². The molecule has 4 rings (SSSR count). The van der Waals surface area contributed by atoms with Crippen LogP contribution in [0.4, 0.5) is 0 Å². The molecule has 0 saturated carbocycles. The molecule has 2 aromatic rings. The molecule has 1 saturated heterocycles. The zero-order valence-corrected chi connectivity index (χ0v) is 18.4. The van der Waals surface area contributed by atoms with E-state index < -0.39 is 0 Å². The van der Waals surface area contributed by atoms with Gasteiger partial charge in [-0.15, -0.1) is 6.58 Å². The number of carbonyl (C=O) groups excluding carboxylic acids is 1. The van der Waals surface area contributed by atoms with Crippen molar-refractivity contribution < 1.29 is 4.79 Å². The summed E-state index contributed by atoms with van der Waals surface area (Å²) in [7, 11) is 2.09. The average molecular weight is 428 g/mol. The molecule has 30 heavy (non-hydrogen) atoms. The summed E-state index contributed by atoms with van der Waals surface area (Å²) >= 11 is 6.31. The van der Waals surface area contributed by atoms with Crippen molar-refractivity contribution in [2.24, 2.45) is 0 Å². The van der Waals surface area contributed by atoms with E-state index in [0.717, 1.165) is 68.1 Å². The Kier molecular flexibility index (Phi) is 6.56. The van der Waals surface area contributed by atoms with Gasteiger partial charge in [0, 0.05) is 55.0 Å². The first kappa shape index (κ1) is 21.1. The van der Waals surface area contributed by atoms with E-state index in [0.29, 0.717) is 18.3 Å². The average Bonchev–Trinajstić information content (AvgIpc) is 3.11. The first-order valence-corrected chi connectivity index (χ1v) is 11.1. The molecule has 0 spiro atoms. The van der Waals surface area contributed by atoms with Crippen LogP contribution in [0.2, 0.25) is 5.02 Å². The first-order chi connectivity index (χ1) is 14.6. The van der Waals surface area contributed by atoms with Gasteiger partial charge in [0.1, 0.15) is 0 Å². The van der Waals surface area contributed by atoms with Gasteiger partial charge in [-0.3, -0.25) is 9.48 Å². The van der Waals surface area contributed by atoms with Crippen molar-refractivity contribution in [1.82, 2.24) is 24.9 Å². The molecule has 1 N–H and O–H groups in total. The number of rotatable bonds is 6. The number of hydrogen-bond donors (Lipinski definition) is 1. The first-order valence-electron chi connectivity index (χ1n) is 10.7. The third-order valence-electron chi connectivity index (χ3n) is 6.18. The number of hydrogen-bond acceptors (Lipinski definition) is 4. The van der Waals surface area contributed by atoms with Crippen LogP contribution in [-0.2, 0) is 25.9 Å². The van der Waals surface area contributed by atoms with Crippen molar-refractivity contribution in [2.45, 2.75) is 38.4 Å². The van der Waals surface area contributed by atoms with Gasteiger partial charge in [0.15, 0.2) is 5.69 Å². The molecule has 160 valence electrons. The van der Waals surface area contributed by atoms with E-state index in [1.165, 1.54) is 5.69 Å². The zero-order valence-electron chi connectivity index (χ0n) is 17.6. The fourth-order valence-corrected chi connectivity index (χ4v) is 4.57. The fourth-order valence-electron chi connectivity index (χ4n) is 4.36. The van der Waals surface area contributed by atoms with E-state index in [4.69, 9.17) is 16.7 Å². The fraction of sp³-hybridized carbons (Fsp3) is 0.478. The Morgan fingerprint density at radius 2 is 2.07 bits per heavy atom. The molecule has 1 fully saturated rings. The molecule has 6 nitrogen and oxygen atoms in total. The van der Waals surface area contributed by atoms with E-state index in [1.54, 1.807) is 0 Å². The van der Waals surface area contributed by atoms with Crippen molar-refractivity contribution in [3.8, 4) is 0 Å². The number of piperazine rings is 1. The number of carbonyl (C=O) groups is 1. The van der Waals surface area contributed by atoms with Crippen molar-refractivity contribution in [1.29, 1.82) is 0 Å². The summed E-state index contributed by atoms with van der Waals surface area (Å²) in [5.74, 6) is 0.0638. The van der Waals surface area contributed by atoms with Gasteiger partial charge >= 0.3 is 0 Å². The maximum absolute atomic E-state index is 13.3. The van der Waals surface area contributed by atoms with Crippen LogP contribution in [0.25, 0.3) is 0 Å². The van der Waals surface area contributed by atoms with Crippen LogP contribution in [0.3, 0.4) is 0 Å². The van der Waals surface area contributed by atoms with Gasteiger partial charge in [0.2, 0.25) is 0 Å². The van der Waals surface area contributed by atoms with Crippen LogP contribution in [0.15, 0.2) is 36.9 Å². The molecule has 1 aromatic heterocycles. The molecule has 1 aliphatic carbocycles. The van der Waals surface area contributed by atoms with Gasteiger partial charge < -0.3 is 15.1 Å². The predicted molar refractivity (Wildman–Crippen MR) is 120 cm³/mol. The largest absolute Gasteiger partial charge is 0.335 e. The highest BCUT2D eigenvalue weighted by Crippen LogP contribution is 2.27. The third kappa shape index (κ3) is 4.46. The molecule has 1 unspecified atom stereocenters. The number of nitrogens with zero attached hydrogens (tertiary/aromatic N) is 4. The highest BCUT2D eigenvalue weighted by atomic mass is 35.5. The summed E-state index contributed by atoms with van der Waals surface area (Å²) in [5.41, 5.74) is 4.01. The quantitative estimate of drug-likeness (QED) is 0.720. The molecule has 1 aliphatic heterocycles. The maximum Gasteiger partial charge on any atom is 0.274 e. The van der Waals surface area contributed by atoms with Crippen molar-refractivity contribution in [2.75, 3.05) is 33.2 Å². The van der Waals surface area contributed by atoms with Crippen LogP contribution < -0.4 is 5.32 Å². The van der Waals surface area contributed by atoms with Gasteiger partial charge in [0.05, 0.1) is 6.54 Å². The molecule has 1 atom stereocenters. The Bertz CT molecular complexity index is 916. The van der Waals surface area contributed by atoms with Crippen molar-refractivity contribution in [3.05, 3.63) is 64.5 Å². The summed E-state index contributed by atoms with van der Waals surface area (Å²) in [4.78, 5) is 17.5. The van der Waals surface area contributed by atoms with Crippen molar-refractivity contribution >= 4 is 17.5 Å². The number of fused-ring (bicyclic) bond motifs is 1. The Morgan fingerprint density at radius 1 is 1.30 bits per heavy atom. The predicted octanol–water partition coefficient (Wildman–Crippen LogP) is 2.76. The molecule has 0 radical (unpaired) electrons. The second-order valence-corrected chi connectivity index (χ2v) is 8.66. The van der Waals surface area contributed by atoms with E-state index in [2.05, 4.69) is 23.8 Å². The number of nitrogens with one attached hydrogen (secondary N) is 1. The highest BCUT2D eigenvalue weighted by molar-refractivity contribution is 6.31. The second-order valence-electron chi connectivity index (χ2n) is 8.25. The number of aromatic nitrogens is 2. The SMILES string of the molecule is C=CCn1nc(C(=O)N2CCN(C)CC2)c2c1CCC(NCc1ccccc1Cl)C2. The minimum atomic E-state index is 0.0638. The minimum Gasteiger partial charge on any atom is -0.335 e. The monoisotopic (exact) mass is 427 g/mol. The number of halogens is 1. The van der Waals surface area contributed by atoms with Gasteiger partial charge in [0.25, 0.3) is 5.91 Å². The summed E-state index contributed by atoms with van der Waals surface area (Å²) in [6.07, 6.45) is 4.58. The van der Waals surface area contributed by atoms with E-state index in [-0.39, 0.29) is 5.91 Å². The Balaban J connectivity index is 1.52. The van der Waals surface area contributed by atoms with Gasteiger partial charge in [-0.1, -0.05) is 35.9 Å². The summed E-state index contributed by atoms with van der Waals surface area (Å²) in [6.45, 7) is 8.54. The molecule has 0 bridgehead atoms. The van der Waals surface area contributed by atoms with E-state index >= 15 is 0 Å². The number of likely N-dealkylation sites (N-methyl/N-ethyl adjacent to an activating group) is 1.